The Bertz CT molecular complexity index is 1620. The van der Waals surface area contributed by atoms with Crippen LogP contribution in [0.4, 0.5) is 0 Å². The van der Waals surface area contributed by atoms with Crippen molar-refractivity contribution in [1.82, 2.24) is 19.7 Å². The zero-order chi connectivity index (χ0) is 30.8. The van der Waals surface area contributed by atoms with Gasteiger partial charge in [0, 0.05) is 30.6 Å². The number of aromatic nitrogens is 3. The SMILES string of the molecule is CCOc1c(C(=O)O)cnn1-c1cccc(C2=CCCC(C)=C2OCc2ccc3c(c2C)CCN(CC2(C)COC2)CC3)n1. The third-order valence-corrected chi connectivity index (χ3v) is 9.03. The summed E-state index contributed by atoms with van der Waals surface area (Å²) in [7, 11) is 0. The fourth-order valence-electron chi connectivity index (χ4n) is 6.55. The van der Waals surface area contributed by atoms with Crippen LogP contribution in [-0.4, -0.2) is 70.2 Å². The monoisotopic (exact) mass is 598 g/mol. The Balaban J connectivity index is 1.20. The van der Waals surface area contributed by atoms with Gasteiger partial charge in [0.2, 0.25) is 5.88 Å². The van der Waals surface area contributed by atoms with Crippen molar-refractivity contribution in [3.05, 3.63) is 87.4 Å². The molecule has 0 bridgehead atoms. The van der Waals surface area contributed by atoms with Crippen molar-refractivity contribution in [1.29, 1.82) is 0 Å². The molecule has 9 heteroatoms. The predicted molar refractivity (Wildman–Crippen MR) is 168 cm³/mol. The van der Waals surface area contributed by atoms with Gasteiger partial charge in [0.1, 0.15) is 17.9 Å². The minimum absolute atomic E-state index is 0.00164. The summed E-state index contributed by atoms with van der Waals surface area (Å²) in [5, 5.41) is 13.9. The van der Waals surface area contributed by atoms with Gasteiger partial charge in [-0.2, -0.15) is 9.78 Å². The number of fused-ring (bicyclic) bond motifs is 1. The van der Waals surface area contributed by atoms with Gasteiger partial charge in [-0.1, -0.05) is 31.2 Å². The molecular formula is C35H42N4O5. The van der Waals surface area contributed by atoms with Gasteiger partial charge in [-0.25, -0.2) is 9.78 Å². The van der Waals surface area contributed by atoms with Crippen molar-refractivity contribution in [2.24, 2.45) is 5.41 Å². The van der Waals surface area contributed by atoms with E-state index in [4.69, 9.17) is 19.2 Å². The molecule has 3 aliphatic rings. The summed E-state index contributed by atoms with van der Waals surface area (Å²) in [6.07, 6.45) is 7.42. The van der Waals surface area contributed by atoms with Gasteiger partial charge in [0.15, 0.2) is 5.82 Å². The molecule has 3 aromatic rings. The second-order valence-electron chi connectivity index (χ2n) is 12.5. The summed E-state index contributed by atoms with van der Waals surface area (Å²) in [4.78, 5) is 19.2. The number of hydrogen-bond donors (Lipinski definition) is 1. The van der Waals surface area contributed by atoms with E-state index in [0.29, 0.717) is 24.4 Å². The number of nitrogens with zero attached hydrogens (tertiary/aromatic N) is 4. The smallest absolute Gasteiger partial charge is 0.342 e. The maximum Gasteiger partial charge on any atom is 0.342 e. The van der Waals surface area contributed by atoms with Crippen LogP contribution in [0.15, 0.2) is 53.9 Å². The van der Waals surface area contributed by atoms with Gasteiger partial charge in [-0.05, 0) is 86.4 Å². The lowest BCUT2D eigenvalue weighted by Crippen LogP contribution is -2.49. The Morgan fingerprint density at radius 2 is 1.91 bits per heavy atom. The number of aromatic carboxylic acids is 1. The van der Waals surface area contributed by atoms with Crippen LogP contribution in [0.5, 0.6) is 5.88 Å². The predicted octanol–water partition coefficient (Wildman–Crippen LogP) is 5.78. The normalized spacial score (nSPS) is 18.2. The lowest BCUT2D eigenvalue weighted by molar-refractivity contribution is -0.114. The molecule has 0 saturated carbocycles. The van der Waals surface area contributed by atoms with Gasteiger partial charge in [-0.3, -0.25) is 0 Å². The van der Waals surface area contributed by atoms with Crippen molar-refractivity contribution in [3.63, 3.8) is 0 Å². The van der Waals surface area contributed by atoms with Crippen LogP contribution in [0.25, 0.3) is 11.4 Å². The molecule has 1 N–H and O–H groups in total. The summed E-state index contributed by atoms with van der Waals surface area (Å²) in [5.74, 6) is 0.410. The van der Waals surface area contributed by atoms with Crippen LogP contribution in [0.2, 0.25) is 0 Å². The van der Waals surface area contributed by atoms with E-state index >= 15 is 0 Å². The number of rotatable bonds is 10. The molecule has 232 valence electrons. The van der Waals surface area contributed by atoms with Gasteiger partial charge in [0.25, 0.3) is 0 Å². The summed E-state index contributed by atoms with van der Waals surface area (Å²) < 4.78 is 19.2. The fourth-order valence-corrected chi connectivity index (χ4v) is 6.55. The van der Waals surface area contributed by atoms with E-state index < -0.39 is 5.97 Å². The number of carbonyl (C=O) groups is 1. The third-order valence-electron chi connectivity index (χ3n) is 9.03. The molecular weight excluding hydrogens is 556 g/mol. The molecule has 0 amide bonds. The molecule has 2 aliphatic heterocycles. The van der Waals surface area contributed by atoms with Crippen molar-refractivity contribution >= 4 is 11.5 Å². The lowest BCUT2D eigenvalue weighted by Gasteiger charge is -2.41. The zero-order valence-electron chi connectivity index (χ0n) is 26.2. The summed E-state index contributed by atoms with van der Waals surface area (Å²) >= 11 is 0. The van der Waals surface area contributed by atoms with Gasteiger partial charge >= 0.3 is 5.97 Å². The van der Waals surface area contributed by atoms with Gasteiger partial charge in [-0.15, -0.1) is 0 Å². The van der Waals surface area contributed by atoms with Crippen LogP contribution in [-0.2, 0) is 28.9 Å². The molecule has 0 radical (unpaired) electrons. The molecule has 0 spiro atoms. The van der Waals surface area contributed by atoms with Crippen molar-refractivity contribution < 1.29 is 24.1 Å². The highest BCUT2D eigenvalue weighted by Crippen LogP contribution is 2.35. The van der Waals surface area contributed by atoms with E-state index in [1.807, 2.05) is 19.1 Å². The van der Waals surface area contributed by atoms with Crippen LogP contribution in [0.3, 0.4) is 0 Å². The first-order valence-corrected chi connectivity index (χ1v) is 15.6. The van der Waals surface area contributed by atoms with E-state index in [1.165, 1.54) is 38.7 Å². The highest BCUT2D eigenvalue weighted by Gasteiger charge is 2.35. The molecule has 1 saturated heterocycles. The molecule has 1 aliphatic carbocycles. The first-order valence-electron chi connectivity index (χ1n) is 15.6. The van der Waals surface area contributed by atoms with E-state index in [2.05, 4.69) is 49.0 Å². The number of pyridine rings is 1. The minimum atomic E-state index is -1.09. The van der Waals surface area contributed by atoms with Crippen LogP contribution >= 0.6 is 0 Å². The van der Waals surface area contributed by atoms with E-state index in [-0.39, 0.29) is 11.4 Å². The lowest BCUT2D eigenvalue weighted by atomic mass is 9.88. The number of carboxylic acid groups (broad SMARTS) is 1. The number of hydrogen-bond acceptors (Lipinski definition) is 7. The highest BCUT2D eigenvalue weighted by molar-refractivity contribution is 5.90. The number of ether oxygens (including phenoxy) is 3. The molecule has 44 heavy (non-hydrogen) atoms. The van der Waals surface area contributed by atoms with E-state index in [9.17, 15) is 9.90 Å². The van der Waals surface area contributed by atoms with Crippen molar-refractivity contribution in [2.75, 3.05) is 39.5 Å². The van der Waals surface area contributed by atoms with Gasteiger partial charge < -0.3 is 24.2 Å². The molecule has 6 rings (SSSR count). The second kappa shape index (κ2) is 12.6. The molecule has 1 fully saturated rings. The van der Waals surface area contributed by atoms with Crippen LogP contribution in [0, 0.1) is 12.3 Å². The topological polar surface area (TPSA) is 98.9 Å². The highest BCUT2D eigenvalue weighted by atomic mass is 16.5. The number of carboxylic acids is 1. The summed E-state index contributed by atoms with van der Waals surface area (Å²) in [5.41, 5.74) is 8.63. The average Bonchev–Trinajstić information content (AvgIpc) is 3.31. The molecule has 2 aromatic heterocycles. The quantitative estimate of drug-likeness (QED) is 0.314. The third kappa shape index (κ3) is 6.03. The Labute approximate surface area is 259 Å². The Hall–Kier alpha value is -3.95. The minimum Gasteiger partial charge on any atom is -0.488 e. The number of allylic oxidation sites excluding steroid dienone is 3. The molecule has 0 unspecified atom stereocenters. The van der Waals surface area contributed by atoms with Crippen molar-refractivity contribution in [3.8, 4) is 11.7 Å². The summed E-state index contributed by atoms with van der Waals surface area (Å²) in [6, 6.07) is 10.2. The number of benzene rings is 1. The largest absolute Gasteiger partial charge is 0.488 e. The standard InChI is InChI=1S/C35H42N4O5/c1-5-43-33-29(34(40)41)18-36-39(33)31-11-7-10-30(37-31)28-9-6-8-23(2)32(28)44-19-26-13-12-25-14-16-38(17-15-27(25)24(26)3)20-35(4)21-42-22-35/h7,9-13,18H,5-6,8,14-17,19-22H2,1-4H3,(H,40,41). The molecule has 9 nitrogen and oxygen atoms in total. The first kappa shape index (κ1) is 30.1. The molecule has 4 heterocycles. The van der Waals surface area contributed by atoms with E-state index in [1.54, 1.807) is 6.07 Å². The zero-order valence-corrected chi connectivity index (χ0v) is 26.2. The molecule has 0 atom stereocenters. The fraction of sp³-hybridized carbons (Fsp3) is 0.457. The maximum atomic E-state index is 11.7. The van der Waals surface area contributed by atoms with Gasteiger partial charge in [0.05, 0.1) is 31.7 Å². The van der Waals surface area contributed by atoms with Crippen molar-refractivity contribution in [2.45, 2.75) is 60.0 Å². The Morgan fingerprint density at radius 3 is 2.66 bits per heavy atom. The molecule has 1 aromatic carbocycles. The summed E-state index contributed by atoms with van der Waals surface area (Å²) in [6.45, 7) is 14.3. The van der Waals surface area contributed by atoms with Crippen LogP contribution < -0.4 is 4.74 Å². The second-order valence-corrected chi connectivity index (χ2v) is 12.5. The van der Waals surface area contributed by atoms with E-state index in [0.717, 1.165) is 75.6 Å². The maximum absolute atomic E-state index is 11.7. The first-order chi connectivity index (χ1) is 21.3. The van der Waals surface area contributed by atoms with Crippen LogP contribution in [0.1, 0.15) is 71.9 Å². The Kier molecular flexibility index (Phi) is 8.60. The Morgan fingerprint density at radius 1 is 1.09 bits per heavy atom. The average molecular weight is 599 g/mol.